The van der Waals surface area contributed by atoms with Gasteiger partial charge in [-0.25, -0.2) is 8.42 Å². The number of fused-ring (bicyclic) bond motifs is 2. The maximum absolute atomic E-state index is 13.5. The molecule has 7 nitrogen and oxygen atoms in total. The van der Waals surface area contributed by atoms with Gasteiger partial charge in [0.05, 0.1) is 29.3 Å². The lowest BCUT2D eigenvalue weighted by molar-refractivity contribution is 0.122. The van der Waals surface area contributed by atoms with Gasteiger partial charge in [-0.1, -0.05) is 11.6 Å². The van der Waals surface area contributed by atoms with Gasteiger partial charge in [0.15, 0.2) is 11.5 Å². The average Bonchev–Trinajstić information content (AvgIpc) is 2.77. The molecule has 30 heavy (non-hydrogen) atoms. The number of benzene rings is 2. The monoisotopic (exact) mass is 446 g/mol. The summed E-state index contributed by atoms with van der Waals surface area (Å²) in [5.74, 6) is 1.20. The summed E-state index contributed by atoms with van der Waals surface area (Å²) >= 11 is 5.95. The lowest BCUT2D eigenvalue weighted by Crippen LogP contribution is -2.37. The Morgan fingerprint density at radius 1 is 0.933 bits per heavy atom. The third-order valence-electron chi connectivity index (χ3n) is 5.21. The summed E-state index contributed by atoms with van der Waals surface area (Å²) in [4.78, 5) is 6.81. The lowest BCUT2D eigenvalue weighted by Gasteiger charge is -2.31. The molecule has 0 aliphatic carbocycles. The highest BCUT2D eigenvalue weighted by Gasteiger charge is 2.29. The molecule has 3 aromatic rings. The molecule has 0 N–H and O–H groups in total. The number of rotatable bonds is 3. The number of aromatic nitrogens is 1. The highest BCUT2D eigenvalue weighted by atomic mass is 35.5. The molecule has 1 aromatic heterocycles. The van der Waals surface area contributed by atoms with Gasteiger partial charge in [-0.15, -0.1) is 0 Å². The molecule has 0 radical (unpaired) electrons. The van der Waals surface area contributed by atoms with Crippen molar-refractivity contribution < 1.29 is 22.6 Å². The second kappa shape index (κ2) is 7.61. The van der Waals surface area contributed by atoms with E-state index in [0.29, 0.717) is 72.6 Å². The van der Waals surface area contributed by atoms with E-state index in [2.05, 4.69) is 4.98 Å². The predicted octanol–water partition coefficient (Wildman–Crippen LogP) is 3.33. The fourth-order valence-electron chi connectivity index (χ4n) is 3.75. The van der Waals surface area contributed by atoms with Crippen LogP contribution in [0.4, 0.5) is 5.69 Å². The minimum Gasteiger partial charge on any atom is -0.486 e. The molecule has 2 aromatic carbocycles. The molecule has 0 amide bonds. The van der Waals surface area contributed by atoms with Gasteiger partial charge in [-0.05, 0) is 30.3 Å². The predicted molar refractivity (Wildman–Crippen MR) is 113 cm³/mol. The van der Waals surface area contributed by atoms with E-state index >= 15 is 0 Å². The molecule has 1 fully saturated rings. The number of nitrogens with zero attached hydrogens (tertiary/aromatic N) is 2. The molecule has 0 spiro atoms. The van der Waals surface area contributed by atoms with Crippen molar-refractivity contribution in [2.45, 2.75) is 9.79 Å². The summed E-state index contributed by atoms with van der Waals surface area (Å²) < 4.78 is 44.0. The molecular formula is C21H19ClN2O5S. The quantitative estimate of drug-likeness (QED) is 0.610. The van der Waals surface area contributed by atoms with Crippen LogP contribution in [0.2, 0.25) is 5.02 Å². The first-order chi connectivity index (χ1) is 14.5. The van der Waals surface area contributed by atoms with E-state index < -0.39 is 9.84 Å². The number of hydrogen-bond acceptors (Lipinski definition) is 7. The fraction of sp³-hybridized carbons (Fsp3) is 0.286. The van der Waals surface area contributed by atoms with Crippen molar-refractivity contribution in [1.82, 2.24) is 4.98 Å². The van der Waals surface area contributed by atoms with E-state index in [1.807, 2.05) is 11.0 Å². The Balaban J connectivity index is 1.75. The van der Waals surface area contributed by atoms with Crippen LogP contribution in [0.15, 0.2) is 52.4 Å². The van der Waals surface area contributed by atoms with Gasteiger partial charge in [0.25, 0.3) is 0 Å². The number of pyridine rings is 1. The molecule has 9 heteroatoms. The van der Waals surface area contributed by atoms with Crippen molar-refractivity contribution in [3.63, 3.8) is 0 Å². The van der Waals surface area contributed by atoms with Crippen molar-refractivity contribution in [3.05, 3.63) is 47.6 Å². The second-order valence-corrected chi connectivity index (χ2v) is 9.40. The van der Waals surface area contributed by atoms with Gasteiger partial charge in [-0.2, -0.15) is 0 Å². The Labute approximate surface area is 179 Å². The molecule has 0 unspecified atom stereocenters. The number of hydrogen-bond donors (Lipinski definition) is 0. The van der Waals surface area contributed by atoms with Crippen LogP contribution in [0.1, 0.15) is 0 Å². The van der Waals surface area contributed by atoms with E-state index in [-0.39, 0.29) is 9.79 Å². The van der Waals surface area contributed by atoms with Gasteiger partial charge in [0.2, 0.25) is 9.84 Å². The standard InChI is InChI=1S/C21H19ClN2O5S/c22-14-1-3-15(4-2-14)30(25,26)20-13-23-17-12-19-18(28-9-10-29-19)11-16(17)21(20)24-5-7-27-8-6-24/h1-4,11-13H,5-10H2. The summed E-state index contributed by atoms with van der Waals surface area (Å²) in [6.07, 6.45) is 1.42. The first-order valence-corrected chi connectivity index (χ1v) is 11.5. The van der Waals surface area contributed by atoms with Crippen molar-refractivity contribution in [3.8, 4) is 11.5 Å². The molecule has 2 aliphatic rings. The average molecular weight is 447 g/mol. The molecule has 156 valence electrons. The summed E-state index contributed by atoms with van der Waals surface area (Å²) in [5, 5.41) is 1.18. The maximum Gasteiger partial charge on any atom is 0.210 e. The zero-order valence-electron chi connectivity index (χ0n) is 16.0. The van der Waals surface area contributed by atoms with Crippen molar-refractivity contribution >= 4 is 38.0 Å². The van der Waals surface area contributed by atoms with E-state index in [9.17, 15) is 8.42 Å². The van der Waals surface area contributed by atoms with E-state index in [1.165, 1.54) is 18.3 Å². The minimum absolute atomic E-state index is 0.149. The van der Waals surface area contributed by atoms with Crippen LogP contribution in [0, 0.1) is 0 Å². The molecular weight excluding hydrogens is 428 g/mol. The number of ether oxygens (including phenoxy) is 3. The molecule has 0 bridgehead atoms. The second-order valence-electron chi connectivity index (χ2n) is 7.04. The number of sulfone groups is 1. The maximum atomic E-state index is 13.5. The van der Waals surface area contributed by atoms with E-state index in [0.717, 1.165) is 0 Å². The number of morpholine rings is 1. The highest BCUT2D eigenvalue weighted by Crippen LogP contribution is 2.41. The van der Waals surface area contributed by atoms with Crippen LogP contribution in [0.3, 0.4) is 0 Å². The lowest BCUT2D eigenvalue weighted by atomic mass is 10.1. The largest absolute Gasteiger partial charge is 0.486 e. The first kappa shape index (κ1) is 19.4. The topological polar surface area (TPSA) is 78.0 Å². The van der Waals surface area contributed by atoms with Gasteiger partial charge in [0.1, 0.15) is 18.1 Å². The fourth-order valence-corrected chi connectivity index (χ4v) is 5.31. The SMILES string of the molecule is O=S(=O)(c1ccc(Cl)cc1)c1cnc2cc3c(cc2c1N1CCOCC1)OCCO3. The Morgan fingerprint density at radius 2 is 1.60 bits per heavy atom. The van der Waals surface area contributed by atoms with Gasteiger partial charge in [-0.3, -0.25) is 4.98 Å². The Bertz CT molecular complexity index is 1210. The van der Waals surface area contributed by atoms with Crippen LogP contribution in [-0.4, -0.2) is 52.9 Å². The van der Waals surface area contributed by atoms with Crippen LogP contribution in [0.25, 0.3) is 10.9 Å². The number of halogens is 1. The Hall–Kier alpha value is -2.55. The summed E-state index contributed by atoms with van der Waals surface area (Å²) in [6, 6.07) is 9.77. The summed E-state index contributed by atoms with van der Waals surface area (Å²) in [5.41, 5.74) is 1.26. The van der Waals surface area contributed by atoms with Crippen molar-refractivity contribution in [2.24, 2.45) is 0 Å². The van der Waals surface area contributed by atoms with Gasteiger partial charge >= 0.3 is 0 Å². The van der Waals surface area contributed by atoms with Gasteiger partial charge in [0, 0.05) is 35.8 Å². The highest BCUT2D eigenvalue weighted by molar-refractivity contribution is 7.91. The van der Waals surface area contributed by atoms with Crippen LogP contribution < -0.4 is 14.4 Å². The molecule has 1 saturated heterocycles. The minimum atomic E-state index is -3.82. The summed E-state index contributed by atoms with van der Waals surface area (Å²) in [7, 11) is -3.82. The summed E-state index contributed by atoms with van der Waals surface area (Å²) in [6.45, 7) is 3.12. The molecule has 2 aliphatic heterocycles. The Morgan fingerprint density at radius 3 is 2.30 bits per heavy atom. The van der Waals surface area contributed by atoms with Crippen molar-refractivity contribution in [1.29, 1.82) is 0 Å². The third kappa shape index (κ3) is 3.34. The molecule has 0 atom stereocenters. The molecule has 3 heterocycles. The normalized spacial score (nSPS) is 16.6. The molecule has 0 saturated carbocycles. The smallest absolute Gasteiger partial charge is 0.210 e. The van der Waals surface area contributed by atoms with Crippen LogP contribution >= 0.6 is 11.6 Å². The van der Waals surface area contributed by atoms with E-state index in [1.54, 1.807) is 18.2 Å². The zero-order valence-corrected chi connectivity index (χ0v) is 17.6. The van der Waals surface area contributed by atoms with Crippen LogP contribution in [-0.2, 0) is 14.6 Å². The first-order valence-electron chi connectivity index (χ1n) is 9.60. The van der Waals surface area contributed by atoms with Crippen LogP contribution in [0.5, 0.6) is 11.5 Å². The third-order valence-corrected chi connectivity index (χ3v) is 7.23. The molecule has 5 rings (SSSR count). The van der Waals surface area contributed by atoms with Crippen molar-refractivity contribution in [2.75, 3.05) is 44.4 Å². The zero-order chi connectivity index (χ0) is 20.7. The van der Waals surface area contributed by atoms with Gasteiger partial charge < -0.3 is 19.1 Å². The Kier molecular flexibility index (Phi) is 4.92. The number of anilines is 1. The van der Waals surface area contributed by atoms with E-state index in [4.69, 9.17) is 25.8 Å².